The monoisotopic (exact) mass is 494 g/mol. The molecule has 0 saturated heterocycles. The third kappa shape index (κ3) is 5.20. The Bertz CT molecular complexity index is 1310. The average molecular weight is 495 g/mol. The number of halogens is 2. The molecule has 1 atom stereocenters. The fraction of sp³-hybridized carbons (Fsp3) is 0.222. The summed E-state index contributed by atoms with van der Waals surface area (Å²) in [7, 11) is 0. The van der Waals surface area contributed by atoms with Gasteiger partial charge in [0.05, 0.1) is 12.1 Å². The minimum absolute atomic E-state index is 0.0229. The van der Waals surface area contributed by atoms with Crippen molar-refractivity contribution < 1.29 is 23.9 Å². The van der Waals surface area contributed by atoms with Crippen molar-refractivity contribution in [1.29, 1.82) is 0 Å². The molecule has 4 rings (SSSR count). The lowest BCUT2D eigenvalue weighted by molar-refractivity contribution is -0.139. The summed E-state index contributed by atoms with van der Waals surface area (Å²) in [5, 5.41) is 14.9. The van der Waals surface area contributed by atoms with Crippen LogP contribution in [0, 0.1) is 11.2 Å². The van der Waals surface area contributed by atoms with Gasteiger partial charge in [-0.3, -0.25) is 9.59 Å². The summed E-state index contributed by atoms with van der Waals surface area (Å²) in [5.74, 6) is -1.73. The number of aliphatic carboxylic acids is 1. The predicted octanol–water partition coefficient (Wildman–Crippen LogP) is 6.79. The number of carbonyl (C=O) groups excluding carboxylic acids is 2. The third-order valence-corrected chi connectivity index (χ3v) is 6.78. The Morgan fingerprint density at radius 2 is 1.71 bits per heavy atom. The van der Waals surface area contributed by atoms with E-state index in [-0.39, 0.29) is 17.9 Å². The zero-order valence-electron chi connectivity index (χ0n) is 19.0. The quantitative estimate of drug-likeness (QED) is 0.351. The molecule has 6 nitrogen and oxygen atoms in total. The second kappa shape index (κ2) is 9.88. The number of nitrogens with one attached hydrogen (secondary N) is 2. The maximum atomic E-state index is 14.8. The van der Waals surface area contributed by atoms with Crippen molar-refractivity contribution in [3.63, 3.8) is 0 Å². The lowest BCUT2D eigenvalue weighted by Crippen LogP contribution is -2.37. The molecule has 1 aliphatic rings. The van der Waals surface area contributed by atoms with E-state index in [1.54, 1.807) is 42.5 Å². The average Bonchev–Trinajstić information content (AvgIpc) is 2.83. The highest BCUT2D eigenvalue weighted by atomic mass is 35.5. The molecule has 180 valence electrons. The first kappa shape index (κ1) is 24.4. The lowest BCUT2D eigenvalue weighted by atomic mass is 9.67. The molecule has 0 aliphatic heterocycles. The van der Waals surface area contributed by atoms with E-state index in [1.165, 1.54) is 12.1 Å². The number of carboxylic acids is 1. The first-order valence-electron chi connectivity index (χ1n) is 11.2. The summed E-state index contributed by atoms with van der Waals surface area (Å²) in [4.78, 5) is 36.7. The van der Waals surface area contributed by atoms with Gasteiger partial charge in [0, 0.05) is 21.7 Å². The first-order chi connectivity index (χ1) is 16.7. The Morgan fingerprint density at radius 1 is 1.03 bits per heavy atom. The maximum absolute atomic E-state index is 14.8. The summed E-state index contributed by atoms with van der Waals surface area (Å²) in [6.07, 6.45) is 1.31. The van der Waals surface area contributed by atoms with Crippen LogP contribution < -0.4 is 10.6 Å². The van der Waals surface area contributed by atoms with Crippen molar-refractivity contribution >= 4 is 40.8 Å². The number of rotatable bonds is 6. The van der Waals surface area contributed by atoms with Crippen molar-refractivity contribution in [3.05, 3.63) is 82.6 Å². The number of anilines is 2. The van der Waals surface area contributed by atoms with E-state index in [9.17, 15) is 23.9 Å². The SMILES string of the molecule is CCC1(CC(=O)O)CCc2cc(-c3ccc(NC(=O)Nc4ccc(Cl)cc4)c(F)c3)ccc2C1=O. The fourth-order valence-electron chi connectivity index (χ4n) is 4.51. The van der Waals surface area contributed by atoms with E-state index in [0.29, 0.717) is 41.1 Å². The Balaban J connectivity index is 1.51. The van der Waals surface area contributed by atoms with Gasteiger partial charge in [-0.2, -0.15) is 0 Å². The summed E-state index contributed by atoms with van der Waals surface area (Å²) in [6.45, 7) is 1.84. The fourth-order valence-corrected chi connectivity index (χ4v) is 4.64. The summed E-state index contributed by atoms with van der Waals surface area (Å²) in [5.41, 5.74) is 2.34. The number of urea groups is 1. The number of amides is 2. The van der Waals surface area contributed by atoms with Crippen LogP contribution in [0.3, 0.4) is 0 Å². The zero-order chi connectivity index (χ0) is 25.2. The number of Topliss-reactive ketones (excluding diaryl/α,β-unsaturated/α-hetero) is 1. The van der Waals surface area contributed by atoms with Gasteiger partial charge in [0.1, 0.15) is 5.82 Å². The molecule has 2 amide bonds. The standard InChI is InChI=1S/C27H24ClFN2O4/c1-2-27(15-24(32)33)12-11-18-13-16(3-9-21(18)25(27)34)17-4-10-23(22(29)14-17)31-26(35)30-20-7-5-19(28)6-8-20/h3-10,13-14H,2,11-12,15H2,1H3,(H,32,33)(H2,30,31,35). The number of ketones is 1. The Morgan fingerprint density at radius 3 is 2.37 bits per heavy atom. The van der Waals surface area contributed by atoms with Crippen molar-refractivity contribution in [3.8, 4) is 11.1 Å². The zero-order valence-corrected chi connectivity index (χ0v) is 19.8. The highest BCUT2D eigenvalue weighted by Gasteiger charge is 2.42. The molecule has 0 saturated carbocycles. The van der Waals surface area contributed by atoms with Gasteiger partial charge in [-0.1, -0.05) is 42.8 Å². The van der Waals surface area contributed by atoms with Gasteiger partial charge in [-0.05, 0) is 72.4 Å². The minimum Gasteiger partial charge on any atom is -0.481 e. The highest BCUT2D eigenvalue weighted by molar-refractivity contribution is 6.30. The maximum Gasteiger partial charge on any atom is 0.323 e. The van der Waals surface area contributed by atoms with Crippen LogP contribution in [0.4, 0.5) is 20.6 Å². The number of carbonyl (C=O) groups is 3. The van der Waals surface area contributed by atoms with Gasteiger partial charge in [-0.25, -0.2) is 9.18 Å². The number of benzene rings is 3. The van der Waals surface area contributed by atoms with Crippen LogP contribution in [0.5, 0.6) is 0 Å². The van der Waals surface area contributed by atoms with E-state index >= 15 is 0 Å². The first-order valence-corrected chi connectivity index (χ1v) is 11.6. The van der Waals surface area contributed by atoms with Crippen molar-refractivity contribution in [2.24, 2.45) is 5.41 Å². The van der Waals surface area contributed by atoms with E-state index in [0.717, 1.165) is 11.1 Å². The van der Waals surface area contributed by atoms with Gasteiger partial charge in [0.2, 0.25) is 0 Å². The molecule has 3 aromatic rings. The summed E-state index contributed by atoms with van der Waals surface area (Å²) < 4.78 is 14.8. The minimum atomic E-state index is -0.980. The van der Waals surface area contributed by atoms with Crippen LogP contribution in [-0.2, 0) is 11.2 Å². The normalized spacial score (nSPS) is 16.9. The molecular formula is C27H24ClFN2O4. The predicted molar refractivity (Wildman–Crippen MR) is 134 cm³/mol. The van der Waals surface area contributed by atoms with Gasteiger partial charge in [0.25, 0.3) is 0 Å². The number of fused-ring (bicyclic) bond motifs is 1. The molecule has 35 heavy (non-hydrogen) atoms. The topological polar surface area (TPSA) is 95.5 Å². The number of carboxylic acid groups (broad SMARTS) is 1. The van der Waals surface area contributed by atoms with Gasteiger partial charge >= 0.3 is 12.0 Å². The van der Waals surface area contributed by atoms with Crippen LogP contribution in [0.15, 0.2) is 60.7 Å². The van der Waals surface area contributed by atoms with Crippen LogP contribution >= 0.6 is 11.6 Å². The molecule has 0 fully saturated rings. The molecule has 0 bridgehead atoms. The van der Waals surface area contributed by atoms with E-state index in [1.807, 2.05) is 13.0 Å². The van der Waals surface area contributed by atoms with E-state index in [2.05, 4.69) is 10.6 Å². The molecule has 1 aliphatic carbocycles. The van der Waals surface area contributed by atoms with E-state index < -0.39 is 23.2 Å². The van der Waals surface area contributed by atoms with Crippen molar-refractivity contribution in [2.45, 2.75) is 32.6 Å². The van der Waals surface area contributed by atoms with Gasteiger partial charge in [0.15, 0.2) is 5.78 Å². The van der Waals surface area contributed by atoms with Crippen LogP contribution in [-0.4, -0.2) is 22.9 Å². The number of hydrogen-bond acceptors (Lipinski definition) is 3. The molecule has 3 aromatic carbocycles. The smallest absolute Gasteiger partial charge is 0.323 e. The van der Waals surface area contributed by atoms with Crippen molar-refractivity contribution in [2.75, 3.05) is 10.6 Å². The van der Waals surface area contributed by atoms with Gasteiger partial charge in [-0.15, -0.1) is 0 Å². The highest BCUT2D eigenvalue weighted by Crippen LogP contribution is 2.42. The molecular weight excluding hydrogens is 471 g/mol. The van der Waals surface area contributed by atoms with Crippen LogP contribution in [0.1, 0.15) is 42.1 Å². The van der Waals surface area contributed by atoms with Crippen molar-refractivity contribution in [1.82, 2.24) is 0 Å². The molecule has 8 heteroatoms. The Kier molecular flexibility index (Phi) is 6.89. The number of aryl methyl sites for hydroxylation is 1. The number of hydrogen-bond donors (Lipinski definition) is 3. The lowest BCUT2D eigenvalue weighted by Gasteiger charge is -2.35. The molecule has 1 unspecified atom stereocenters. The Hall–Kier alpha value is -3.71. The second-order valence-electron chi connectivity index (χ2n) is 8.69. The Labute approximate surface area is 207 Å². The molecule has 0 aromatic heterocycles. The molecule has 0 heterocycles. The van der Waals surface area contributed by atoms with Gasteiger partial charge < -0.3 is 15.7 Å². The summed E-state index contributed by atoms with van der Waals surface area (Å²) >= 11 is 5.83. The molecule has 0 radical (unpaired) electrons. The second-order valence-corrected chi connectivity index (χ2v) is 9.12. The molecule has 3 N–H and O–H groups in total. The van der Waals surface area contributed by atoms with Crippen LogP contribution in [0.2, 0.25) is 5.02 Å². The third-order valence-electron chi connectivity index (χ3n) is 6.52. The van der Waals surface area contributed by atoms with E-state index in [4.69, 9.17) is 11.6 Å². The van der Waals surface area contributed by atoms with Crippen LogP contribution in [0.25, 0.3) is 11.1 Å². The molecule has 0 spiro atoms. The largest absolute Gasteiger partial charge is 0.481 e. The summed E-state index contributed by atoms with van der Waals surface area (Å²) in [6, 6.07) is 15.7.